The van der Waals surface area contributed by atoms with Crippen LogP contribution < -0.4 is 10.6 Å². The molecule has 1 heterocycles. The Morgan fingerprint density at radius 1 is 1.37 bits per heavy atom. The first-order valence-electron chi connectivity index (χ1n) is 7.82. The van der Waals surface area contributed by atoms with E-state index in [-0.39, 0.29) is 17.9 Å². The first-order chi connectivity index (χ1) is 9.22. The highest BCUT2D eigenvalue weighted by molar-refractivity contribution is 5.83. The lowest BCUT2D eigenvalue weighted by Crippen LogP contribution is -2.51. The van der Waals surface area contributed by atoms with Crippen LogP contribution in [0.5, 0.6) is 0 Å². The summed E-state index contributed by atoms with van der Waals surface area (Å²) >= 11 is 0. The summed E-state index contributed by atoms with van der Waals surface area (Å²) in [5, 5.41) is 15.8. The van der Waals surface area contributed by atoms with Crippen LogP contribution >= 0.6 is 0 Å². The minimum Gasteiger partial charge on any atom is -0.396 e. The Morgan fingerprint density at radius 3 is 2.79 bits per heavy atom. The highest BCUT2D eigenvalue weighted by Gasteiger charge is 2.38. The third kappa shape index (κ3) is 3.29. The van der Waals surface area contributed by atoms with Crippen LogP contribution in [0.25, 0.3) is 0 Å². The van der Waals surface area contributed by atoms with Crippen molar-refractivity contribution in [1.29, 1.82) is 0 Å². The van der Waals surface area contributed by atoms with Gasteiger partial charge in [-0.2, -0.15) is 0 Å². The van der Waals surface area contributed by atoms with Crippen molar-refractivity contribution in [1.82, 2.24) is 10.6 Å². The summed E-state index contributed by atoms with van der Waals surface area (Å²) in [4.78, 5) is 12.5. The number of aliphatic hydroxyl groups is 1. The molecule has 0 aromatic rings. The fourth-order valence-electron chi connectivity index (χ4n) is 3.66. The summed E-state index contributed by atoms with van der Waals surface area (Å²) in [5.74, 6) is 1.08. The van der Waals surface area contributed by atoms with E-state index < -0.39 is 0 Å². The number of hydrogen-bond acceptors (Lipinski definition) is 3. The number of aliphatic hydroxyl groups excluding tert-OH is 1. The number of piperidine rings is 1. The standard InChI is InChI=1S/C15H28N2O2/c1-2-15(7-4-8-16-11-15)14(19)17-9-12-5-3-6-13(12)10-18/h12-13,16,18H,2-11H2,1H3,(H,17,19). The number of rotatable bonds is 5. The predicted molar refractivity (Wildman–Crippen MR) is 75.8 cm³/mol. The van der Waals surface area contributed by atoms with Crippen LogP contribution in [0.1, 0.15) is 45.4 Å². The highest BCUT2D eigenvalue weighted by atomic mass is 16.3. The first-order valence-corrected chi connectivity index (χ1v) is 7.82. The second kappa shape index (κ2) is 6.71. The normalized spacial score (nSPS) is 35.3. The predicted octanol–water partition coefficient (Wildman–Crippen LogP) is 1.29. The van der Waals surface area contributed by atoms with Gasteiger partial charge in [0.05, 0.1) is 5.41 Å². The lowest BCUT2D eigenvalue weighted by molar-refractivity contribution is -0.132. The molecule has 3 unspecified atom stereocenters. The fraction of sp³-hybridized carbons (Fsp3) is 0.933. The maximum atomic E-state index is 12.5. The van der Waals surface area contributed by atoms with Crippen LogP contribution in [-0.4, -0.2) is 37.3 Å². The topological polar surface area (TPSA) is 61.4 Å². The Morgan fingerprint density at radius 2 is 2.16 bits per heavy atom. The van der Waals surface area contributed by atoms with Gasteiger partial charge >= 0.3 is 0 Å². The van der Waals surface area contributed by atoms with E-state index in [1.54, 1.807) is 0 Å². The average Bonchev–Trinajstić information content (AvgIpc) is 2.92. The lowest BCUT2D eigenvalue weighted by atomic mass is 9.77. The molecule has 0 radical (unpaired) electrons. The average molecular weight is 268 g/mol. The molecule has 2 aliphatic rings. The molecule has 1 aliphatic carbocycles. The number of nitrogens with one attached hydrogen (secondary N) is 2. The lowest BCUT2D eigenvalue weighted by Gasteiger charge is -2.36. The molecule has 4 nitrogen and oxygen atoms in total. The van der Waals surface area contributed by atoms with E-state index in [0.717, 1.165) is 51.7 Å². The molecular formula is C15H28N2O2. The third-order valence-corrected chi connectivity index (χ3v) is 5.21. The van der Waals surface area contributed by atoms with Gasteiger partial charge in [0.15, 0.2) is 0 Å². The van der Waals surface area contributed by atoms with Gasteiger partial charge < -0.3 is 15.7 Å². The minimum atomic E-state index is -0.203. The van der Waals surface area contributed by atoms with E-state index in [1.165, 1.54) is 6.42 Å². The summed E-state index contributed by atoms with van der Waals surface area (Å²) in [6, 6.07) is 0. The van der Waals surface area contributed by atoms with Crippen LogP contribution in [0.3, 0.4) is 0 Å². The van der Waals surface area contributed by atoms with E-state index in [2.05, 4.69) is 17.6 Å². The monoisotopic (exact) mass is 268 g/mol. The second-order valence-electron chi connectivity index (χ2n) is 6.26. The Balaban J connectivity index is 1.85. The maximum absolute atomic E-state index is 12.5. The maximum Gasteiger partial charge on any atom is 0.227 e. The third-order valence-electron chi connectivity index (χ3n) is 5.21. The molecule has 0 spiro atoms. The van der Waals surface area contributed by atoms with Gasteiger partial charge in [-0.3, -0.25) is 4.79 Å². The van der Waals surface area contributed by atoms with Crippen LogP contribution in [0, 0.1) is 17.3 Å². The molecule has 1 saturated heterocycles. The van der Waals surface area contributed by atoms with Crippen molar-refractivity contribution in [2.24, 2.45) is 17.3 Å². The zero-order valence-corrected chi connectivity index (χ0v) is 12.1. The number of amides is 1. The van der Waals surface area contributed by atoms with Crippen molar-refractivity contribution < 1.29 is 9.90 Å². The van der Waals surface area contributed by atoms with Crippen LogP contribution in [0.15, 0.2) is 0 Å². The van der Waals surface area contributed by atoms with Gasteiger partial charge in [-0.15, -0.1) is 0 Å². The molecule has 0 aromatic heterocycles. The molecule has 0 bridgehead atoms. The minimum absolute atomic E-state index is 0.203. The van der Waals surface area contributed by atoms with Gasteiger partial charge in [0.2, 0.25) is 5.91 Å². The summed E-state index contributed by atoms with van der Waals surface area (Å²) < 4.78 is 0. The van der Waals surface area contributed by atoms with Crippen molar-refractivity contribution in [3.63, 3.8) is 0 Å². The highest BCUT2D eigenvalue weighted by Crippen LogP contribution is 2.32. The first kappa shape index (κ1) is 14.8. The van der Waals surface area contributed by atoms with E-state index in [1.807, 2.05) is 0 Å². The van der Waals surface area contributed by atoms with Crippen molar-refractivity contribution in [3.8, 4) is 0 Å². The number of carbonyl (C=O) groups is 1. The molecule has 1 aliphatic heterocycles. The molecule has 1 amide bonds. The van der Waals surface area contributed by atoms with Gasteiger partial charge in [0.25, 0.3) is 0 Å². The van der Waals surface area contributed by atoms with Crippen LogP contribution in [0.2, 0.25) is 0 Å². The quantitative estimate of drug-likeness (QED) is 0.704. The Bertz CT molecular complexity index is 301. The Labute approximate surface area is 116 Å². The van der Waals surface area contributed by atoms with Gasteiger partial charge in [0, 0.05) is 19.7 Å². The zero-order chi connectivity index (χ0) is 13.7. The molecule has 3 atom stereocenters. The molecule has 3 N–H and O–H groups in total. The molecule has 2 fully saturated rings. The molecule has 4 heteroatoms. The second-order valence-corrected chi connectivity index (χ2v) is 6.26. The molecule has 1 saturated carbocycles. The molecule has 19 heavy (non-hydrogen) atoms. The number of hydrogen-bond donors (Lipinski definition) is 3. The van der Waals surface area contributed by atoms with Crippen molar-refractivity contribution >= 4 is 5.91 Å². The van der Waals surface area contributed by atoms with Crippen LogP contribution in [0.4, 0.5) is 0 Å². The van der Waals surface area contributed by atoms with Crippen LogP contribution in [-0.2, 0) is 4.79 Å². The Hall–Kier alpha value is -0.610. The van der Waals surface area contributed by atoms with Gasteiger partial charge in [-0.1, -0.05) is 13.3 Å². The molecular weight excluding hydrogens is 240 g/mol. The summed E-state index contributed by atoms with van der Waals surface area (Å²) in [5.41, 5.74) is -0.203. The number of carbonyl (C=O) groups excluding carboxylic acids is 1. The fourth-order valence-corrected chi connectivity index (χ4v) is 3.66. The van der Waals surface area contributed by atoms with Crippen molar-refractivity contribution in [2.45, 2.75) is 45.4 Å². The Kier molecular flexibility index (Phi) is 5.22. The SMILES string of the molecule is CCC1(C(=O)NCC2CCCC2CO)CCCNC1. The summed E-state index contributed by atoms with van der Waals surface area (Å²) in [6.07, 6.45) is 6.42. The van der Waals surface area contributed by atoms with E-state index >= 15 is 0 Å². The molecule has 2 rings (SSSR count). The largest absolute Gasteiger partial charge is 0.396 e. The zero-order valence-electron chi connectivity index (χ0n) is 12.1. The summed E-state index contributed by atoms with van der Waals surface area (Å²) in [7, 11) is 0. The summed E-state index contributed by atoms with van der Waals surface area (Å²) in [6.45, 7) is 4.96. The molecule has 110 valence electrons. The van der Waals surface area contributed by atoms with Crippen molar-refractivity contribution in [2.75, 3.05) is 26.2 Å². The van der Waals surface area contributed by atoms with E-state index in [0.29, 0.717) is 11.8 Å². The van der Waals surface area contributed by atoms with E-state index in [4.69, 9.17) is 0 Å². The smallest absolute Gasteiger partial charge is 0.227 e. The van der Waals surface area contributed by atoms with Crippen molar-refractivity contribution in [3.05, 3.63) is 0 Å². The van der Waals surface area contributed by atoms with Gasteiger partial charge in [-0.25, -0.2) is 0 Å². The van der Waals surface area contributed by atoms with Gasteiger partial charge in [-0.05, 0) is 50.5 Å². The molecule has 0 aromatic carbocycles. The van der Waals surface area contributed by atoms with Gasteiger partial charge in [0.1, 0.15) is 0 Å². The van der Waals surface area contributed by atoms with E-state index in [9.17, 15) is 9.90 Å².